The molecule has 0 amide bonds. The number of imidazole rings is 1. The molecule has 2 aromatic rings. The van der Waals surface area contributed by atoms with E-state index in [2.05, 4.69) is 16.9 Å². The average Bonchev–Trinajstić information content (AvgIpc) is 2.77. The van der Waals surface area contributed by atoms with E-state index < -0.39 is 0 Å². The molecule has 0 N–H and O–H groups in total. The Morgan fingerprint density at radius 1 is 1.35 bits per heavy atom. The Bertz CT molecular complexity index is 505. The molecule has 4 heteroatoms. The van der Waals surface area contributed by atoms with Gasteiger partial charge >= 0.3 is 0 Å². The molecular weight excluding hydrogens is 234 g/mol. The molecule has 0 aromatic carbocycles. The van der Waals surface area contributed by atoms with E-state index in [1.54, 1.807) is 0 Å². The molecule has 17 heavy (non-hydrogen) atoms. The van der Waals surface area contributed by atoms with Crippen molar-refractivity contribution >= 4 is 11.6 Å². The summed E-state index contributed by atoms with van der Waals surface area (Å²) in [5.74, 6) is 2.46. The summed E-state index contributed by atoms with van der Waals surface area (Å²) in [6, 6.07) is 4.02. The molecule has 0 fully saturated rings. The highest BCUT2D eigenvalue weighted by Crippen LogP contribution is 2.14. The van der Waals surface area contributed by atoms with Gasteiger partial charge in [-0.1, -0.05) is 6.92 Å². The van der Waals surface area contributed by atoms with Gasteiger partial charge in [-0.25, -0.2) is 9.97 Å². The van der Waals surface area contributed by atoms with E-state index >= 15 is 0 Å². The Balaban J connectivity index is 2.44. The molecule has 0 saturated carbocycles. The van der Waals surface area contributed by atoms with Gasteiger partial charge in [-0.3, -0.25) is 4.57 Å². The predicted molar refractivity (Wildman–Crippen MR) is 69.6 cm³/mol. The van der Waals surface area contributed by atoms with E-state index in [1.165, 1.54) is 0 Å². The van der Waals surface area contributed by atoms with Crippen molar-refractivity contribution in [3.63, 3.8) is 0 Å². The molecule has 3 nitrogen and oxygen atoms in total. The monoisotopic (exact) mass is 249 g/mol. The van der Waals surface area contributed by atoms with Gasteiger partial charge in [-0.15, -0.1) is 11.6 Å². The number of rotatable bonds is 4. The number of aryl methyl sites for hydroxylation is 2. The van der Waals surface area contributed by atoms with Gasteiger partial charge in [0.2, 0.25) is 0 Å². The number of hydrogen-bond donors (Lipinski definition) is 0. The largest absolute Gasteiger partial charge is 0.288 e. The maximum atomic E-state index is 5.88. The van der Waals surface area contributed by atoms with E-state index in [4.69, 9.17) is 11.6 Å². The molecule has 0 aliphatic heterocycles. The summed E-state index contributed by atoms with van der Waals surface area (Å²) < 4.78 is 2.03. The van der Waals surface area contributed by atoms with Crippen LogP contribution >= 0.6 is 11.6 Å². The molecule has 2 aromatic heterocycles. The molecule has 0 aliphatic carbocycles. The van der Waals surface area contributed by atoms with Gasteiger partial charge in [0, 0.05) is 30.4 Å². The van der Waals surface area contributed by atoms with Crippen molar-refractivity contribution in [1.82, 2.24) is 14.5 Å². The maximum Gasteiger partial charge on any atom is 0.138 e. The average molecular weight is 250 g/mol. The fraction of sp³-hybridized carbons (Fsp3) is 0.385. The minimum atomic E-state index is 0.508. The lowest BCUT2D eigenvalue weighted by atomic mass is 10.2. The number of aromatic nitrogens is 3. The first-order chi connectivity index (χ1) is 8.24. The minimum absolute atomic E-state index is 0.508. The number of halogens is 1. The Morgan fingerprint density at radius 2 is 2.18 bits per heavy atom. The number of alkyl halides is 1. The second kappa shape index (κ2) is 5.32. The van der Waals surface area contributed by atoms with Crippen molar-refractivity contribution in [2.24, 2.45) is 0 Å². The first-order valence-electron chi connectivity index (χ1n) is 5.80. The molecule has 0 saturated heterocycles. The van der Waals surface area contributed by atoms with Crippen LogP contribution in [0.25, 0.3) is 5.82 Å². The zero-order chi connectivity index (χ0) is 12.3. The van der Waals surface area contributed by atoms with Gasteiger partial charge in [-0.2, -0.15) is 0 Å². The topological polar surface area (TPSA) is 30.7 Å². The quantitative estimate of drug-likeness (QED) is 0.779. The van der Waals surface area contributed by atoms with Gasteiger partial charge < -0.3 is 0 Å². The smallest absolute Gasteiger partial charge is 0.138 e. The molecule has 90 valence electrons. The molecule has 0 unspecified atom stereocenters. The van der Waals surface area contributed by atoms with E-state index in [0.29, 0.717) is 5.88 Å². The molecular formula is C13H16ClN3. The highest BCUT2D eigenvalue weighted by Gasteiger charge is 2.06. The van der Waals surface area contributed by atoms with E-state index in [-0.39, 0.29) is 0 Å². The third-order valence-corrected chi connectivity index (χ3v) is 2.90. The summed E-state index contributed by atoms with van der Waals surface area (Å²) in [5.41, 5.74) is 2.07. The normalized spacial score (nSPS) is 10.8. The lowest BCUT2D eigenvalue weighted by Gasteiger charge is -2.08. The van der Waals surface area contributed by atoms with Crippen molar-refractivity contribution in [2.45, 2.75) is 32.6 Å². The lowest BCUT2D eigenvalue weighted by molar-refractivity contribution is 0.795. The Labute approximate surface area is 106 Å². The molecule has 2 heterocycles. The van der Waals surface area contributed by atoms with Crippen molar-refractivity contribution in [1.29, 1.82) is 0 Å². The second-order valence-electron chi connectivity index (χ2n) is 4.07. The molecule has 0 aliphatic rings. The van der Waals surface area contributed by atoms with Gasteiger partial charge in [-0.05, 0) is 31.0 Å². The summed E-state index contributed by atoms with van der Waals surface area (Å²) in [5, 5.41) is 0. The van der Waals surface area contributed by atoms with E-state index in [9.17, 15) is 0 Å². The Kier molecular flexibility index (Phi) is 3.79. The van der Waals surface area contributed by atoms with Crippen LogP contribution in [0.1, 0.15) is 30.4 Å². The molecule has 0 radical (unpaired) electrons. The summed E-state index contributed by atoms with van der Waals surface area (Å²) in [4.78, 5) is 8.89. The highest BCUT2D eigenvalue weighted by molar-refractivity contribution is 6.17. The third-order valence-electron chi connectivity index (χ3n) is 2.59. The maximum absolute atomic E-state index is 5.88. The van der Waals surface area contributed by atoms with Crippen LogP contribution in [-0.2, 0) is 12.3 Å². The highest BCUT2D eigenvalue weighted by atomic mass is 35.5. The summed E-state index contributed by atoms with van der Waals surface area (Å²) >= 11 is 5.88. The van der Waals surface area contributed by atoms with Crippen molar-refractivity contribution in [3.8, 4) is 5.82 Å². The van der Waals surface area contributed by atoms with Crippen LogP contribution in [-0.4, -0.2) is 14.5 Å². The first kappa shape index (κ1) is 12.1. The van der Waals surface area contributed by atoms with Crippen LogP contribution in [0.15, 0.2) is 24.5 Å². The van der Waals surface area contributed by atoms with Crippen molar-refractivity contribution in [2.75, 3.05) is 0 Å². The van der Waals surface area contributed by atoms with Crippen LogP contribution in [0, 0.1) is 6.92 Å². The molecule has 0 spiro atoms. The number of nitrogens with zero attached hydrogens (tertiary/aromatic N) is 3. The standard InChI is InChI=1S/C13H16ClN3/c1-3-4-12-15-5-6-17(12)13-8-11(9-14)7-10(2)16-13/h5-8H,3-4,9H2,1-2H3. The minimum Gasteiger partial charge on any atom is -0.288 e. The third kappa shape index (κ3) is 2.67. The van der Waals surface area contributed by atoms with Crippen LogP contribution in [0.2, 0.25) is 0 Å². The van der Waals surface area contributed by atoms with Crippen molar-refractivity contribution < 1.29 is 0 Å². The van der Waals surface area contributed by atoms with Gasteiger partial charge in [0.1, 0.15) is 11.6 Å². The second-order valence-corrected chi connectivity index (χ2v) is 4.34. The SMILES string of the molecule is CCCc1nccn1-c1cc(CCl)cc(C)n1. The molecule has 0 atom stereocenters. The zero-order valence-electron chi connectivity index (χ0n) is 10.2. The van der Waals surface area contributed by atoms with Crippen molar-refractivity contribution in [3.05, 3.63) is 41.6 Å². The van der Waals surface area contributed by atoms with Crippen LogP contribution in [0.3, 0.4) is 0 Å². The van der Waals surface area contributed by atoms with Crippen LogP contribution in [0.5, 0.6) is 0 Å². The number of pyridine rings is 1. The van der Waals surface area contributed by atoms with E-state index in [0.717, 1.165) is 35.7 Å². The summed E-state index contributed by atoms with van der Waals surface area (Å²) in [6.45, 7) is 4.13. The first-order valence-corrected chi connectivity index (χ1v) is 6.34. The Morgan fingerprint density at radius 3 is 2.88 bits per heavy atom. The molecule has 0 bridgehead atoms. The Hall–Kier alpha value is -1.35. The van der Waals surface area contributed by atoms with E-state index in [1.807, 2.05) is 36.0 Å². The summed E-state index contributed by atoms with van der Waals surface area (Å²) in [6.07, 6.45) is 5.80. The van der Waals surface area contributed by atoms with Gasteiger partial charge in [0.05, 0.1) is 0 Å². The lowest BCUT2D eigenvalue weighted by Crippen LogP contribution is -2.04. The fourth-order valence-electron chi connectivity index (χ4n) is 1.87. The van der Waals surface area contributed by atoms with Gasteiger partial charge in [0.25, 0.3) is 0 Å². The van der Waals surface area contributed by atoms with Gasteiger partial charge in [0.15, 0.2) is 0 Å². The zero-order valence-corrected chi connectivity index (χ0v) is 10.9. The molecule has 2 rings (SSSR count). The summed E-state index contributed by atoms with van der Waals surface area (Å²) in [7, 11) is 0. The predicted octanol–water partition coefficient (Wildman–Crippen LogP) is 3.27. The van der Waals surface area contributed by atoms with Crippen LogP contribution < -0.4 is 0 Å². The van der Waals surface area contributed by atoms with Crippen LogP contribution in [0.4, 0.5) is 0 Å². The fourth-order valence-corrected chi connectivity index (χ4v) is 2.03. The number of hydrogen-bond acceptors (Lipinski definition) is 2.